The number of hydrogen-bond acceptors (Lipinski definition) is 8. The molecule has 0 spiro atoms. The van der Waals surface area contributed by atoms with Crippen molar-refractivity contribution in [2.75, 3.05) is 13.2 Å². The molecule has 0 aromatic carbocycles. The monoisotopic (exact) mass is 938 g/mol. The zero-order chi connectivity index (χ0) is 48.7. The minimum Gasteiger partial charge on any atom is -0.394 e. The largest absolute Gasteiger partial charge is 0.394 e. The number of ether oxygens (including phenoxy) is 2. The minimum absolute atomic E-state index is 0.185. The molecule has 67 heavy (non-hydrogen) atoms. The second-order valence-electron chi connectivity index (χ2n) is 18.3. The van der Waals surface area contributed by atoms with Crippen LogP contribution in [0.4, 0.5) is 0 Å². The summed E-state index contributed by atoms with van der Waals surface area (Å²) in [5, 5.41) is 54.0. The van der Waals surface area contributed by atoms with Gasteiger partial charge in [0.1, 0.15) is 24.4 Å². The van der Waals surface area contributed by atoms with Gasteiger partial charge in [-0.25, -0.2) is 0 Å². The summed E-state index contributed by atoms with van der Waals surface area (Å²) in [5.74, 6) is -0.185. The first-order chi connectivity index (χ1) is 32.8. The Morgan fingerprint density at radius 3 is 1.37 bits per heavy atom. The van der Waals surface area contributed by atoms with E-state index >= 15 is 0 Å². The van der Waals surface area contributed by atoms with Crippen LogP contribution < -0.4 is 5.32 Å². The SMILES string of the molecule is CC/C=C\C/C=C\C/C=C\C/C=C\C/C=C\C/C=C\C/C=C\CCCCCCCCCCCCCCCCCC(=O)NC(COC1OC(CO)C(O)C(O)C1O)C(O)/C=C/CCCCCCC. The number of allylic oxidation sites excluding steroid dienone is 15. The molecule has 384 valence electrons. The van der Waals surface area contributed by atoms with Crippen LogP contribution in [0.15, 0.2) is 97.2 Å². The van der Waals surface area contributed by atoms with Gasteiger partial charge in [0.15, 0.2) is 6.29 Å². The second kappa shape index (κ2) is 46.8. The first kappa shape index (κ1) is 62.1. The number of aliphatic hydroxyl groups is 5. The molecule has 0 aromatic heterocycles. The van der Waals surface area contributed by atoms with Gasteiger partial charge < -0.3 is 40.3 Å². The van der Waals surface area contributed by atoms with Gasteiger partial charge in [0.05, 0.1) is 25.4 Å². The van der Waals surface area contributed by atoms with Gasteiger partial charge in [-0.2, -0.15) is 0 Å². The van der Waals surface area contributed by atoms with Gasteiger partial charge >= 0.3 is 0 Å². The molecule has 0 bridgehead atoms. The lowest BCUT2D eigenvalue weighted by Gasteiger charge is -2.40. The van der Waals surface area contributed by atoms with Crippen LogP contribution in [0, 0.1) is 0 Å². The molecule has 7 unspecified atom stereocenters. The summed E-state index contributed by atoms with van der Waals surface area (Å²) in [5.41, 5.74) is 0. The van der Waals surface area contributed by atoms with Gasteiger partial charge in [-0.1, -0.05) is 220 Å². The van der Waals surface area contributed by atoms with Gasteiger partial charge in [-0.05, 0) is 77.0 Å². The highest BCUT2D eigenvalue weighted by Crippen LogP contribution is 2.23. The van der Waals surface area contributed by atoms with Gasteiger partial charge in [-0.15, -0.1) is 0 Å². The molecule has 1 saturated heterocycles. The average molecular weight is 938 g/mol. The van der Waals surface area contributed by atoms with Crippen molar-refractivity contribution < 1.29 is 39.8 Å². The fourth-order valence-corrected chi connectivity index (χ4v) is 7.90. The molecule has 0 aliphatic carbocycles. The maximum Gasteiger partial charge on any atom is 0.220 e. The van der Waals surface area contributed by atoms with Gasteiger partial charge in [-0.3, -0.25) is 4.79 Å². The van der Waals surface area contributed by atoms with Crippen molar-refractivity contribution in [3.8, 4) is 0 Å². The second-order valence-corrected chi connectivity index (χ2v) is 18.3. The predicted molar refractivity (Wildman–Crippen MR) is 281 cm³/mol. The molecule has 6 N–H and O–H groups in total. The lowest BCUT2D eigenvalue weighted by Crippen LogP contribution is -2.60. The highest BCUT2D eigenvalue weighted by molar-refractivity contribution is 5.76. The number of hydrogen-bond donors (Lipinski definition) is 6. The van der Waals surface area contributed by atoms with E-state index in [0.717, 1.165) is 83.5 Å². The summed E-state index contributed by atoms with van der Waals surface area (Å²) in [6.45, 7) is 3.58. The summed E-state index contributed by atoms with van der Waals surface area (Å²) in [6.07, 6.45) is 60.8. The van der Waals surface area contributed by atoms with E-state index in [1.807, 2.05) is 6.08 Å². The molecule has 1 aliphatic heterocycles. The Morgan fingerprint density at radius 2 is 0.925 bits per heavy atom. The Morgan fingerprint density at radius 1 is 0.522 bits per heavy atom. The number of aliphatic hydroxyl groups excluding tert-OH is 5. The summed E-state index contributed by atoms with van der Waals surface area (Å²) in [6, 6.07) is -0.806. The Hall–Kier alpha value is -2.89. The molecule has 7 atom stereocenters. The molecule has 1 rings (SSSR count). The zero-order valence-electron chi connectivity index (χ0n) is 42.4. The molecule has 1 aliphatic rings. The third-order valence-electron chi connectivity index (χ3n) is 12.2. The van der Waals surface area contributed by atoms with Crippen LogP contribution in [0.3, 0.4) is 0 Å². The summed E-state index contributed by atoms with van der Waals surface area (Å²) >= 11 is 0. The lowest BCUT2D eigenvalue weighted by molar-refractivity contribution is -0.302. The normalized spacial score (nSPS) is 20.5. The molecule has 1 heterocycles. The van der Waals surface area contributed by atoms with E-state index in [1.165, 1.54) is 103 Å². The van der Waals surface area contributed by atoms with Crippen LogP contribution in [0.1, 0.15) is 206 Å². The first-order valence-electron chi connectivity index (χ1n) is 27.0. The van der Waals surface area contributed by atoms with Gasteiger partial charge in [0.25, 0.3) is 0 Å². The molecule has 1 fully saturated rings. The highest BCUT2D eigenvalue weighted by Gasteiger charge is 2.44. The van der Waals surface area contributed by atoms with E-state index in [1.54, 1.807) is 6.08 Å². The summed E-state index contributed by atoms with van der Waals surface area (Å²) in [4.78, 5) is 12.9. The van der Waals surface area contributed by atoms with Crippen molar-refractivity contribution in [3.63, 3.8) is 0 Å². The van der Waals surface area contributed by atoms with Crippen molar-refractivity contribution in [1.29, 1.82) is 0 Å². The maximum absolute atomic E-state index is 12.9. The fourth-order valence-electron chi connectivity index (χ4n) is 7.90. The molecule has 9 heteroatoms. The number of carbonyl (C=O) groups is 1. The van der Waals surface area contributed by atoms with E-state index in [4.69, 9.17) is 9.47 Å². The van der Waals surface area contributed by atoms with E-state index in [0.29, 0.717) is 6.42 Å². The standard InChI is InChI=1S/C58H99NO8/c1-3-5-7-9-11-12-13-14-15-16-17-18-19-20-21-22-23-24-25-26-27-28-29-30-31-32-33-34-35-36-37-38-39-40-42-44-46-48-54(62)59-51(52(61)47-45-43-41-10-8-6-4-2)50-66-58-57(65)56(64)55(63)53(49-60)67-58/h5,7,11-12,14-15,17-18,20-21,23-24,26-27,45,47,51-53,55-58,60-61,63-65H,3-4,6,8-10,13,16,19,22,25,28-44,46,48-50H2,1-2H3,(H,59,62)/b7-5-,12-11-,15-14-,18-17-,21-20-,24-23-,27-26-,47-45+. The van der Waals surface area contributed by atoms with Crippen molar-refractivity contribution in [2.24, 2.45) is 0 Å². The van der Waals surface area contributed by atoms with Crippen LogP contribution in [0.25, 0.3) is 0 Å². The third-order valence-corrected chi connectivity index (χ3v) is 12.2. The summed E-state index contributed by atoms with van der Waals surface area (Å²) < 4.78 is 11.2. The molecule has 0 saturated carbocycles. The fraction of sp³-hybridized carbons (Fsp3) is 0.707. The first-order valence-corrected chi connectivity index (χ1v) is 27.0. The third kappa shape index (κ3) is 36.7. The summed E-state index contributed by atoms with van der Waals surface area (Å²) in [7, 11) is 0. The van der Waals surface area contributed by atoms with E-state index in [9.17, 15) is 30.3 Å². The van der Waals surface area contributed by atoms with Crippen molar-refractivity contribution in [3.05, 3.63) is 97.2 Å². The minimum atomic E-state index is -1.57. The van der Waals surface area contributed by atoms with Crippen LogP contribution in [0.2, 0.25) is 0 Å². The van der Waals surface area contributed by atoms with Crippen molar-refractivity contribution >= 4 is 5.91 Å². The number of carbonyl (C=O) groups excluding carboxylic acids is 1. The lowest BCUT2D eigenvalue weighted by atomic mass is 9.99. The van der Waals surface area contributed by atoms with Crippen LogP contribution in [0.5, 0.6) is 0 Å². The van der Waals surface area contributed by atoms with Crippen LogP contribution in [-0.2, 0) is 14.3 Å². The topological polar surface area (TPSA) is 149 Å². The molecule has 0 radical (unpaired) electrons. The van der Waals surface area contributed by atoms with E-state index in [2.05, 4.69) is 104 Å². The molecule has 1 amide bonds. The van der Waals surface area contributed by atoms with Crippen LogP contribution >= 0.6 is 0 Å². The van der Waals surface area contributed by atoms with Gasteiger partial charge in [0, 0.05) is 6.42 Å². The number of rotatable bonds is 44. The van der Waals surface area contributed by atoms with Crippen molar-refractivity contribution in [1.82, 2.24) is 5.32 Å². The Bertz CT molecular complexity index is 1370. The van der Waals surface area contributed by atoms with Gasteiger partial charge in [0.2, 0.25) is 5.91 Å². The molecule has 0 aromatic rings. The smallest absolute Gasteiger partial charge is 0.220 e. The molecule has 9 nitrogen and oxygen atoms in total. The predicted octanol–water partition coefficient (Wildman–Crippen LogP) is 12.8. The Kier molecular flexibility index (Phi) is 43.4. The Balaban J connectivity index is 2.05. The quantitative estimate of drug-likeness (QED) is 0.0261. The Labute approximate surface area is 409 Å². The number of amides is 1. The average Bonchev–Trinajstić information content (AvgIpc) is 3.33. The number of nitrogens with one attached hydrogen (secondary N) is 1. The molecular formula is C58H99NO8. The van der Waals surface area contributed by atoms with Crippen molar-refractivity contribution in [2.45, 2.75) is 249 Å². The highest BCUT2D eigenvalue weighted by atomic mass is 16.7. The molecular weight excluding hydrogens is 839 g/mol. The van der Waals surface area contributed by atoms with Crippen LogP contribution in [-0.4, -0.2) is 87.5 Å². The van der Waals surface area contributed by atoms with E-state index in [-0.39, 0.29) is 12.5 Å². The maximum atomic E-state index is 12.9. The van der Waals surface area contributed by atoms with E-state index < -0.39 is 49.5 Å². The number of unbranched alkanes of at least 4 members (excludes halogenated alkanes) is 20. The zero-order valence-corrected chi connectivity index (χ0v) is 42.4.